The van der Waals surface area contributed by atoms with E-state index in [-0.39, 0.29) is 17.4 Å². The Bertz CT molecular complexity index is 445. The van der Waals surface area contributed by atoms with Crippen molar-refractivity contribution < 1.29 is 4.79 Å². The van der Waals surface area contributed by atoms with Crippen LogP contribution in [0.15, 0.2) is 18.3 Å². The quantitative estimate of drug-likeness (QED) is 0.834. The van der Waals surface area contributed by atoms with Crippen LogP contribution in [0.3, 0.4) is 0 Å². The summed E-state index contributed by atoms with van der Waals surface area (Å²) in [6, 6.07) is 3.54. The van der Waals surface area contributed by atoms with Crippen LogP contribution in [-0.4, -0.2) is 16.9 Å². The minimum Gasteiger partial charge on any atom is -0.349 e. The van der Waals surface area contributed by atoms with Crippen LogP contribution in [-0.2, 0) is 0 Å². The van der Waals surface area contributed by atoms with Gasteiger partial charge in [-0.25, -0.2) is 4.98 Å². The second kappa shape index (κ2) is 5.27. The number of aromatic nitrogens is 1. The largest absolute Gasteiger partial charge is 0.349 e. The highest BCUT2D eigenvalue weighted by Crippen LogP contribution is 2.35. The van der Waals surface area contributed by atoms with Crippen LogP contribution in [0, 0.1) is 5.41 Å². The summed E-state index contributed by atoms with van der Waals surface area (Å²) < 4.78 is 0. The first-order chi connectivity index (χ1) is 8.49. The molecule has 4 heteroatoms. The maximum Gasteiger partial charge on any atom is 0.251 e. The molecular weight excluding hydrogens is 248 g/mol. The monoisotopic (exact) mass is 266 g/mol. The first kappa shape index (κ1) is 13.3. The Hall–Kier alpha value is -1.09. The molecule has 18 heavy (non-hydrogen) atoms. The molecule has 0 aromatic carbocycles. The Labute approximate surface area is 113 Å². The molecule has 1 aliphatic carbocycles. The second-order valence-corrected chi connectivity index (χ2v) is 6.01. The zero-order chi connectivity index (χ0) is 13.2. The highest BCUT2D eigenvalue weighted by Gasteiger charge is 2.33. The van der Waals surface area contributed by atoms with Crippen LogP contribution in [0.2, 0.25) is 5.15 Å². The van der Waals surface area contributed by atoms with Crippen molar-refractivity contribution in [1.82, 2.24) is 10.3 Å². The van der Waals surface area contributed by atoms with Crippen molar-refractivity contribution in [2.24, 2.45) is 5.41 Å². The van der Waals surface area contributed by atoms with Gasteiger partial charge in [-0.05, 0) is 30.4 Å². The van der Waals surface area contributed by atoms with Crippen molar-refractivity contribution in [2.75, 3.05) is 0 Å². The van der Waals surface area contributed by atoms with Crippen LogP contribution in [0.5, 0.6) is 0 Å². The summed E-state index contributed by atoms with van der Waals surface area (Å²) >= 11 is 5.80. The zero-order valence-electron chi connectivity index (χ0n) is 10.9. The fourth-order valence-electron chi connectivity index (χ4n) is 2.55. The van der Waals surface area contributed by atoms with E-state index in [0.29, 0.717) is 10.7 Å². The summed E-state index contributed by atoms with van der Waals surface area (Å²) in [4.78, 5) is 16.0. The molecule has 0 radical (unpaired) electrons. The molecule has 1 amide bonds. The minimum atomic E-state index is -0.0562. The Kier molecular flexibility index (Phi) is 3.91. The Morgan fingerprint density at radius 2 is 2.28 bits per heavy atom. The first-order valence-electron chi connectivity index (χ1n) is 6.41. The Morgan fingerprint density at radius 1 is 1.50 bits per heavy atom. The predicted octanol–water partition coefficient (Wildman–Crippen LogP) is 3.43. The molecule has 0 spiro atoms. The molecule has 1 N–H and O–H groups in total. The van der Waals surface area contributed by atoms with Gasteiger partial charge < -0.3 is 5.32 Å². The number of hydrogen-bond acceptors (Lipinski definition) is 2. The first-order valence-corrected chi connectivity index (χ1v) is 6.79. The van der Waals surface area contributed by atoms with E-state index in [1.54, 1.807) is 18.3 Å². The fourth-order valence-corrected chi connectivity index (χ4v) is 2.72. The van der Waals surface area contributed by atoms with Crippen molar-refractivity contribution in [1.29, 1.82) is 0 Å². The number of pyridine rings is 1. The lowest BCUT2D eigenvalue weighted by molar-refractivity contribution is 0.0853. The van der Waals surface area contributed by atoms with Crippen molar-refractivity contribution in [3.8, 4) is 0 Å². The third-order valence-corrected chi connectivity index (χ3v) is 4.01. The molecule has 1 unspecified atom stereocenters. The Balaban J connectivity index is 2.07. The van der Waals surface area contributed by atoms with Gasteiger partial charge in [0.2, 0.25) is 0 Å². The van der Waals surface area contributed by atoms with E-state index in [2.05, 4.69) is 24.1 Å². The van der Waals surface area contributed by atoms with Crippen molar-refractivity contribution in [3.63, 3.8) is 0 Å². The van der Waals surface area contributed by atoms with Gasteiger partial charge in [0.25, 0.3) is 5.91 Å². The number of hydrogen-bond donors (Lipinski definition) is 1. The van der Waals surface area contributed by atoms with Gasteiger partial charge in [0.1, 0.15) is 5.15 Å². The molecule has 1 aliphatic rings. The van der Waals surface area contributed by atoms with Crippen LogP contribution < -0.4 is 5.32 Å². The van der Waals surface area contributed by atoms with Crippen molar-refractivity contribution in [2.45, 2.75) is 45.6 Å². The van der Waals surface area contributed by atoms with E-state index < -0.39 is 0 Å². The highest BCUT2D eigenvalue weighted by atomic mass is 35.5. The third-order valence-electron chi connectivity index (χ3n) is 3.80. The van der Waals surface area contributed by atoms with E-state index in [9.17, 15) is 4.79 Å². The minimum absolute atomic E-state index is 0.0562. The van der Waals surface area contributed by atoms with Gasteiger partial charge in [0.15, 0.2) is 0 Å². The second-order valence-electron chi connectivity index (χ2n) is 5.63. The molecule has 0 aliphatic heterocycles. The summed E-state index contributed by atoms with van der Waals surface area (Å²) in [5, 5.41) is 3.48. The number of carbonyl (C=O) groups excluding carboxylic acids is 1. The van der Waals surface area contributed by atoms with Gasteiger partial charge >= 0.3 is 0 Å². The molecule has 1 fully saturated rings. The van der Waals surface area contributed by atoms with Crippen LogP contribution >= 0.6 is 11.6 Å². The summed E-state index contributed by atoms with van der Waals surface area (Å²) in [6.45, 7) is 4.44. The molecule has 3 nitrogen and oxygen atoms in total. The van der Waals surface area contributed by atoms with Gasteiger partial charge in [-0.1, -0.05) is 38.3 Å². The number of nitrogens with one attached hydrogen (secondary N) is 1. The van der Waals surface area contributed by atoms with E-state index in [0.717, 1.165) is 12.8 Å². The van der Waals surface area contributed by atoms with E-state index in [4.69, 9.17) is 11.6 Å². The highest BCUT2D eigenvalue weighted by molar-refractivity contribution is 6.29. The average molecular weight is 267 g/mol. The zero-order valence-corrected chi connectivity index (χ0v) is 11.6. The maximum absolute atomic E-state index is 12.2. The lowest BCUT2D eigenvalue weighted by Gasteiger charge is -2.39. The summed E-state index contributed by atoms with van der Waals surface area (Å²) in [5.74, 6) is -0.0562. The Morgan fingerprint density at radius 3 is 2.94 bits per heavy atom. The third kappa shape index (κ3) is 3.02. The molecule has 1 aromatic heterocycles. The van der Waals surface area contributed by atoms with E-state index in [1.165, 1.54) is 12.8 Å². The molecular formula is C14H19ClN2O. The summed E-state index contributed by atoms with van der Waals surface area (Å²) in [7, 11) is 0. The molecule has 1 heterocycles. The SMILES string of the molecule is CC1(C)CCCCC1NC(=O)c1ccnc(Cl)c1. The molecule has 0 saturated heterocycles. The van der Waals surface area contributed by atoms with Crippen LogP contribution in [0.1, 0.15) is 49.9 Å². The number of nitrogens with zero attached hydrogens (tertiary/aromatic N) is 1. The lowest BCUT2D eigenvalue weighted by Crippen LogP contribution is -2.46. The number of carbonyl (C=O) groups is 1. The van der Waals surface area contributed by atoms with Gasteiger partial charge in [-0.15, -0.1) is 0 Å². The summed E-state index contributed by atoms with van der Waals surface area (Å²) in [6.07, 6.45) is 6.21. The van der Waals surface area contributed by atoms with Gasteiger partial charge in [0, 0.05) is 17.8 Å². The molecule has 1 aromatic rings. The van der Waals surface area contributed by atoms with Crippen molar-refractivity contribution >= 4 is 17.5 Å². The maximum atomic E-state index is 12.2. The molecule has 1 atom stereocenters. The van der Waals surface area contributed by atoms with Crippen LogP contribution in [0.4, 0.5) is 0 Å². The van der Waals surface area contributed by atoms with E-state index >= 15 is 0 Å². The lowest BCUT2D eigenvalue weighted by atomic mass is 9.73. The fraction of sp³-hybridized carbons (Fsp3) is 0.571. The molecule has 0 bridgehead atoms. The smallest absolute Gasteiger partial charge is 0.251 e. The predicted molar refractivity (Wildman–Crippen MR) is 72.8 cm³/mol. The average Bonchev–Trinajstić information content (AvgIpc) is 2.31. The normalized spacial score (nSPS) is 22.5. The molecule has 98 valence electrons. The molecule has 1 saturated carbocycles. The van der Waals surface area contributed by atoms with Crippen molar-refractivity contribution in [3.05, 3.63) is 29.0 Å². The molecule has 2 rings (SSSR count). The summed E-state index contributed by atoms with van der Waals surface area (Å²) in [5.41, 5.74) is 0.751. The van der Waals surface area contributed by atoms with Gasteiger partial charge in [0.05, 0.1) is 0 Å². The van der Waals surface area contributed by atoms with Gasteiger partial charge in [-0.2, -0.15) is 0 Å². The number of amides is 1. The van der Waals surface area contributed by atoms with Crippen LogP contribution in [0.25, 0.3) is 0 Å². The topological polar surface area (TPSA) is 42.0 Å². The van der Waals surface area contributed by atoms with E-state index in [1.807, 2.05) is 0 Å². The van der Waals surface area contributed by atoms with Gasteiger partial charge in [-0.3, -0.25) is 4.79 Å². The number of halogens is 1. The standard InChI is InChI=1S/C14H19ClN2O/c1-14(2)7-4-3-5-11(14)17-13(18)10-6-8-16-12(15)9-10/h6,8-9,11H,3-5,7H2,1-2H3,(H,17,18). The number of rotatable bonds is 2.